The molecule has 0 aliphatic heterocycles. The first-order valence-electron chi connectivity index (χ1n) is 4.80. The number of likely N-dealkylation sites (N-methyl/N-ethyl adjacent to an activating group) is 1. The van der Waals surface area contributed by atoms with Crippen LogP contribution >= 0.6 is 0 Å². The van der Waals surface area contributed by atoms with Gasteiger partial charge in [-0.2, -0.15) is 5.26 Å². The van der Waals surface area contributed by atoms with E-state index in [-0.39, 0.29) is 12.5 Å². The van der Waals surface area contributed by atoms with E-state index in [1.54, 1.807) is 7.05 Å². The number of nitrogens with zero attached hydrogens (tertiary/aromatic N) is 2. The predicted octanol–water partition coefficient (Wildman–Crippen LogP) is 1.52. The predicted molar refractivity (Wildman–Crippen MR) is 58.1 cm³/mol. The van der Waals surface area contributed by atoms with Crippen LogP contribution in [0.15, 0.2) is 24.3 Å². The first kappa shape index (κ1) is 11.3. The van der Waals surface area contributed by atoms with Crippen molar-refractivity contribution >= 4 is 5.91 Å². The van der Waals surface area contributed by atoms with E-state index >= 15 is 0 Å². The fourth-order valence-corrected chi connectivity index (χ4v) is 1.21. The summed E-state index contributed by atoms with van der Waals surface area (Å²) in [7, 11) is 1.64. The Hall–Kier alpha value is -1.82. The van der Waals surface area contributed by atoms with Crippen molar-refractivity contribution in [2.45, 2.75) is 13.3 Å². The number of rotatable bonds is 3. The van der Waals surface area contributed by atoms with Crippen LogP contribution in [0.2, 0.25) is 0 Å². The van der Waals surface area contributed by atoms with Crippen LogP contribution in [0.1, 0.15) is 11.1 Å². The number of aryl methyl sites for hydroxylation is 1. The Kier molecular flexibility index (Phi) is 3.87. The summed E-state index contributed by atoms with van der Waals surface area (Å²) in [6, 6.07) is 9.78. The van der Waals surface area contributed by atoms with Crippen molar-refractivity contribution in [2.75, 3.05) is 13.6 Å². The number of amides is 1. The first-order chi connectivity index (χ1) is 7.13. The summed E-state index contributed by atoms with van der Waals surface area (Å²) >= 11 is 0. The van der Waals surface area contributed by atoms with Crippen molar-refractivity contribution in [1.82, 2.24) is 4.90 Å². The van der Waals surface area contributed by atoms with Gasteiger partial charge in [0.15, 0.2) is 0 Å². The van der Waals surface area contributed by atoms with E-state index in [2.05, 4.69) is 0 Å². The Bertz CT molecular complexity index is 376. The second kappa shape index (κ2) is 5.16. The lowest BCUT2D eigenvalue weighted by molar-refractivity contribution is -0.128. The second-order valence-corrected chi connectivity index (χ2v) is 3.57. The van der Waals surface area contributed by atoms with Crippen molar-refractivity contribution in [3.8, 4) is 6.07 Å². The van der Waals surface area contributed by atoms with Crippen LogP contribution in [-0.2, 0) is 11.2 Å². The molecule has 0 bridgehead atoms. The molecule has 0 N–H and O–H groups in total. The Balaban J connectivity index is 2.59. The summed E-state index contributed by atoms with van der Waals surface area (Å²) in [6.45, 7) is 2.15. The zero-order chi connectivity index (χ0) is 11.3. The van der Waals surface area contributed by atoms with Crippen LogP contribution in [0, 0.1) is 18.3 Å². The molecule has 0 saturated carbocycles. The summed E-state index contributed by atoms with van der Waals surface area (Å²) in [5.74, 6) is -0.0274. The summed E-state index contributed by atoms with van der Waals surface area (Å²) in [5.41, 5.74) is 2.16. The van der Waals surface area contributed by atoms with Gasteiger partial charge in [0.1, 0.15) is 6.54 Å². The summed E-state index contributed by atoms with van der Waals surface area (Å²) in [5, 5.41) is 8.44. The molecule has 0 saturated heterocycles. The van der Waals surface area contributed by atoms with Gasteiger partial charge in [-0.25, -0.2) is 0 Å². The molecular formula is C12H14N2O. The fraction of sp³-hybridized carbons (Fsp3) is 0.333. The van der Waals surface area contributed by atoms with Gasteiger partial charge in [-0.3, -0.25) is 4.79 Å². The van der Waals surface area contributed by atoms with E-state index in [4.69, 9.17) is 5.26 Å². The molecule has 0 radical (unpaired) electrons. The SMILES string of the molecule is Cc1ccc(CC(=O)N(C)CC#N)cc1. The second-order valence-electron chi connectivity index (χ2n) is 3.57. The van der Waals surface area contributed by atoms with Gasteiger partial charge in [0.2, 0.25) is 5.91 Å². The average molecular weight is 202 g/mol. The Morgan fingerprint density at radius 3 is 2.53 bits per heavy atom. The Morgan fingerprint density at radius 1 is 1.40 bits per heavy atom. The highest BCUT2D eigenvalue weighted by molar-refractivity contribution is 5.78. The molecule has 0 aromatic heterocycles. The van der Waals surface area contributed by atoms with Crippen LogP contribution in [0.3, 0.4) is 0 Å². The van der Waals surface area contributed by atoms with Gasteiger partial charge in [-0.1, -0.05) is 29.8 Å². The molecule has 0 spiro atoms. The number of hydrogen-bond acceptors (Lipinski definition) is 2. The van der Waals surface area contributed by atoms with Crippen molar-refractivity contribution in [2.24, 2.45) is 0 Å². The molecule has 15 heavy (non-hydrogen) atoms. The molecule has 1 amide bonds. The van der Waals surface area contributed by atoms with Crippen LogP contribution in [0.4, 0.5) is 0 Å². The molecule has 0 fully saturated rings. The molecule has 1 rings (SSSR count). The minimum absolute atomic E-state index is 0.0274. The maximum atomic E-state index is 11.6. The third kappa shape index (κ3) is 3.43. The maximum absolute atomic E-state index is 11.6. The zero-order valence-electron chi connectivity index (χ0n) is 9.03. The molecule has 0 aliphatic rings. The number of carbonyl (C=O) groups excluding carboxylic acids is 1. The summed E-state index contributed by atoms with van der Waals surface area (Å²) in [6.07, 6.45) is 0.360. The third-order valence-corrected chi connectivity index (χ3v) is 2.21. The molecular weight excluding hydrogens is 188 g/mol. The lowest BCUT2D eigenvalue weighted by Crippen LogP contribution is -2.28. The fourth-order valence-electron chi connectivity index (χ4n) is 1.21. The van der Waals surface area contributed by atoms with Crippen molar-refractivity contribution in [3.05, 3.63) is 35.4 Å². The van der Waals surface area contributed by atoms with Gasteiger partial charge in [0.05, 0.1) is 12.5 Å². The number of nitriles is 1. The van der Waals surface area contributed by atoms with Crippen LogP contribution in [0.5, 0.6) is 0 Å². The molecule has 0 unspecified atom stereocenters. The van der Waals surface area contributed by atoms with Crippen molar-refractivity contribution < 1.29 is 4.79 Å². The van der Waals surface area contributed by atoms with E-state index in [1.165, 1.54) is 10.5 Å². The van der Waals surface area contributed by atoms with E-state index in [0.717, 1.165) is 5.56 Å². The molecule has 0 aliphatic carbocycles. The van der Waals surface area contributed by atoms with Gasteiger partial charge >= 0.3 is 0 Å². The monoisotopic (exact) mass is 202 g/mol. The van der Waals surface area contributed by atoms with Gasteiger partial charge in [-0.15, -0.1) is 0 Å². The third-order valence-electron chi connectivity index (χ3n) is 2.21. The normalized spacial score (nSPS) is 9.40. The highest BCUT2D eigenvalue weighted by Gasteiger charge is 2.08. The molecule has 3 heteroatoms. The summed E-state index contributed by atoms with van der Waals surface area (Å²) < 4.78 is 0. The molecule has 0 heterocycles. The molecule has 1 aromatic carbocycles. The quantitative estimate of drug-likeness (QED) is 0.697. The molecule has 1 aromatic rings. The standard InChI is InChI=1S/C12H14N2O/c1-10-3-5-11(6-4-10)9-12(15)14(2)8-7-13/h3-6H,8-9H2,1-2H3. The Morgan fingerprint density at radius 2 is 2.00 bits per heavy atom. The van der Waals surface area contributed by atoms with Gasteiger partial charge in [0.25, 0.3) is 0 Å². The van der Waals surface area contributed by atoms with Gasteiger partial charge < -0.3 is 4.90 Å². The average Bonchev–Trinajstić information content (AvgIpc) is 2.22. The number of benzene rings is 1. The van der Waals surface area contributed by atoms with E-state index in [0.29, 0.717) is 6.42 Å². The van der Waals surface area contributed by atoms with Crippen molar-refractivity contribution in [1.29, 1.82) is 5.26 Å². The number of hydrogen-bond donors (Lipinski definition) is 0. The molecule has 3 nitrogen and oxygen atoms in total. The molecule has 0 atom stereocenters. The highest BCUT2D eigenvalue weighted by atomic mass is 16.2. The first-order valence-corrected chi connectivity index (χ1v) is 4.80. The molecule has 78 valence electrons. The zero-order valence-corrected chi connectivity index (χ0v) is 9.03. The Labute approximate surface area is 89.9 Å². The minimum atomic E-state index is -0.0274. The highest BCUT2D eigenvalue weighted by Crippen LogP contribution is 2.05. The summed E-state index contributed by atoms with van der Waals surface area (Å²) in [4.78, 5) is 13.0. The minimum Gasteiger partial charge on any atom is -0.332 e. The smallest absolute Gasteiger partial charge is 0.227 e. The van der Waals surface area contributed by atoms with Crippen LogP contribution in [0.25, 0.3) is 0 Å². The van der Waals surface area contributed by atoms with Crippen LogP contribution in [-0.4, -0.2) is 24.4 Å². The van der Waals surface area contributed by atoms with E-state index in [1.807, 2.05) is 37.3 Å². The van der Waals surface area contributed by atoms with Crippen LogP contribution < -0.4 is 0 Å². The van der Waals surface area contributed by atoms with E-state index < -0.39 is 0 Å². The largest absolute Gasteiger partial charge is 0.332 e. The van der Waals surface area contributed by atoms with Crippen molar-refractivity contribution in [3.63, 3.8) is 0 Å². The van der Waals surface area contributed by atoms with Gasteiger partial charge in [0, 0.05) is 7.05 Å². The van der Waals surface area contributed by atoms with E-state index in [9.17, 15) is 4.79 Å². The van der Waals surface area contributed by atoms with Gasteiger partial charge in [-0.05, 0) is 12.5 Å². The topological polar surface area (TPSA) is 44.1 Å². The maximum Gasteiger partial charge on any atom is 0.227 e. The lowest BCUT2D eigenvalue weighted by atomic mass is 10.1. The lowest BCUT2D eigenvalue weighted by Gasteiger charge is -2.12. The number of carbonyl (C=O) groups is 1.